The van der Waals surface area contributed by atoms with Crippen LogP contribution in [0, 0.1) is 11.3 Å². The van der Waals surface area contributed by atoms with Crippen molar-refractivity contribution < 1.29 is 22.8 Å². The number of alkyl halides is 3. The summed E-state index contributed by atoms with van der Waals surface area (Å²) in [4.78, 5) is 26.9. The van der Waals surface area contributed by atoms with E-state index in [1.807, 2.05) is 11.0 Å². The van der Waals surface area contributed by atoms with E-state index in [0.29, 0.717) is 19.5 Å². The van der Waals surface area contributed by atoms with Crippen LogP contribution in [0.1, 0.15) is 56.2 Å². The molecule has 0 bridgehead atoms. The highest BCUT2D eigenvalue weighted by molar-refractivity contribution is 5.79. The van der Waals surface area contributed by atoms with E-state index in [1.165, 1.54) is 17.7 Å². The smallest absolute Gasteiger partial charge is 0.369 e. The molecule has 202 valence electrons. The van der Waals surface area contributed by atoms with Crippen LogP contribution in [0.25, 0.3) is 0 Å². The van der Waals surface area contributed by atoms with Gasteiger partial charge in [-0.25, -0.2) is 0 Å². The summed E-state index contributed by atoms with van der Waals surface area (Å²) < 4.78 is 38.3. The van der Waals surface area contributed by atoms with Crippen LogP contribution in [-0.4, -0.2) is 47.8 Å². The zero-order chi connectivity index (χ0) is 27.1. The van der Waals surface area contributed by atoms with E-state index in [4.69, 9.17) is 5.73 Å². The number of carbonyl (C=O) groups is 2. The molecule has 0 radical (unpaired) electrons. The van der Waals surface area contributed by atoms with Crippen LogP contribution in [0.2, 0.25) is 0 Å². The molecule has 0 aromatic heterocycles. The van der Waals surface area contributed by atoms with Gasteiger partial charge in [0.25, 0.3) is 0 Å². The van der Waals surface area contributed by atoms with Crippen molar-refractivity contribution in [3.05, 3.63) is 71.3 Å². The van der Waals surface area contributed by atoms with E-state index in [0.717, 1.165) is 63.0 Å². The van der Waals surface area contributed by atoms with Crippen LogP contribution in [0.5, 0.6) is 0 Å². The number of carbonyl (C=O) groups excluding carboxylic acids is 2. The van der Waals surface area contributed by atoms with Crippen LogP contribution in [0.4, 0.5) is 13.2 Å². The average Bonchev–Trinajstić information content (AvgIpc) is 3.15. The van der Waals surface area contributed by atoms with Crippen molar-refractivity contribution in [2.45, 2.75) is 58.7 Å². The molecule has 2 saturated heterocycles. The van der Waals surface area contributed by atoms with Crippen molar-refractivity contribution in [2.24, 2.45) is 17.1 Å². The van der Waals surface area contributed by atoms with E-state index in [9.17, 15) is 22.8 Å². The van der Waals surface area contributed by atoms with Gasteiger partial charge in [0.15, 0.2) is 0 Å². The maximum absolute atomic E-state index is 12.8. The Balaban J connectivity index is 0.000000568. The normalized spacial score (nSPS) is 17.7. The van der Waals surface area contributed by atoms with Crippen molar-refractivity contribution in [1.29, 1.82) is 0 Å². The minimum absolute atomic E-state index is 0.00926. The van der Waals surface area contributed by atoms with Crippen molar-refractivity contribution in [1.82, 2.24) is 9.80 Å². The predicted octanol–water partition coefficient (Wildman–Crippen LogP) is 5.28. The Labute approximate surface area is 217 Å². The number of nitrogens with two attached hydrogens (primary N) is 1. The molecule has 8 heteroatoms. The number of hydrogen-bond donors (Lipinski definition) is 1. The third kappa shape index (κ3) is 8.59. The van der Waals surface area contributed by atoms with Gasteiger partial charge in [-0.05, 0) is 74.0 Å². The zero-order valence-corrected chi connectivity index (χ0v) is 21.8. The second-order valence-electron chi connectivity index (χ2n) is 10.6. The van der Waals surface area contributed by atoms with Gasteiger partial charge < -0.3 is 15.5 Å². The fourth-order valence-corrected chi connectivity index (χ4v) is 4.88. The van der Waals surface area contributed by atoms with Gasteiger partial charge in [-0.3, -0.25) is 9.59 Å². The number of amides is 2. The van der Waals surface area contributed by atoms with E-state index < -0.39 is 11.7 Å². The maximum atomic E-state index is 12.8. The van der Waals surface area contributed by atoms with Gasteiger partial charge in [-0.2, -0.15) is 13.2 Å². The molecule has 0 saturated carbocycles. The molecule has 4 rings (SSSR count). The third-order valence-electron chi connectivity index (χ3n) is 7.33. The Morgan fingerprint density at radius 1 is 1.00 bits per heavy atom. The molecule has 37 heavy (non-hydrogen) atoms. The fourth-order valence-electron chi connectivity index (χ4n) is 4.88. The number of hydrogen-bond acceptors (Lipinski definition) is 3. The molecule has 2 aromatic carbocycles. The fraction of sp³-hybridized carbons (Fsp3) is 0.517. The van der Waals surface area contributed by atoms with Crippen molar-refractivity contribution in [3.8, 4) is 0 Å². The van der Waals surface area contributed by atoms with E-state index in [-0.39, 0.29) is 23.1 Å². The first-order chi connectivity index (χ1) is 17.5. The summed E-state index contributed by atoms with van der Waals surface area (Å²) >= 11 is 0. The number of halogens is 3. The largest absolute Gasteiger partial charge is 0.416 e. The molecule has 0 atom stereocenters. The first-order valence-electron chi connectivity index (χ1n) is 13.0. The molecule has 2 aliphatic rings. The van der Waals surface area contributed by atoms with Gasteiger partial charge in [0.05, 0.1) is 5.56 Å². The summed E-state index contributed by atoms with van der Waals surface area (Å²) in [6.45, 7) is 7.73. The molecule has 0 unspecified atom stereocenters. The Morgan fingerprint density at radius 2 is 1.59 bits per heavy atom. The molecule has 2 aromatic rings. The summed E-state index contributed by atoms with van der Waals surface area (Å²) in [5, 5.41) is 0. The van der Waals surface area contributed by atoms with E-state index >= 15 is 0 Å². The number of nitrogens with zero attached hydrogens (tertiary/aromatic N) is 2. The number of benzene rings is 2. The Bertz CT molecular complexity index is 1010. The quantitative estimate of drug-likeness (QED) is 0.544. The predicted molar refractivity (Wildman–Crippen MR) is 138 cm³/mol. The molecular weight excluding hydrogens is 479 g/mol. The summed E-state index contributed by atoms with van der Waals surface area (Å²) in [6, 6.07) is 15.7. The summed E-state index contributed by atoms with van der Waals surface area (Å²) in [5.74, 6) is -0.127. The minimum Gasteiger partial charge on any atom is -0.369 e. The molecule has 5 nitrogen and oxygen atoms in total. The summed E-state index contributed by atoms with van der Waals surface area (Å²) in [5.41, 5.74) is 6.29. The Morgan fingerprint density at radius 3 is 2.14 bits per heavy atom. The van der Waals surface area contributed by atoms with Gasteiger partial charge in [-0.15, -0.1) is 0 Å². The van der Waals surface area contributed by atoms with Crippen LogP contribution in [0.15, 0.2) is 54.6 Å². The standard InChI is InChI=1S/C25H29F3N2O.C4H9NO/c26-25(27,28)22-10-8-21(9-11-22)18-30-19-24(17-23(30)31)12-15-29(16-13-24)14-4-7-20-5-2-1-3-6-20;1-3(2)4(5)6/h1-3,5-6,8-11H,4,7,12-19H2;3H,1-2H3,(H2,5,6). The lowest BCUT2D eigenvalue weighted by Crippen LogP contribution is -2.41. The molecule has 2 aliphatic heterocycles. The monoisotopic (exact) mass is 517 g/mol. The Kier molecular flexibility index (Phi) is 9.76. The van der Waals surface area contributed by atoms with E-state index in [2.05, 4.69) is 29.2 Å². The van der Waals surface area contributed by atoms with Crippen molar-refractivity contribution >= 4 is 11.8 Å². The molecule has 2 N–H and O–H groups in total. The van der Waals surface area contributed by atoms with Crippen LogP contribution in [0.3, 0.4) is 0 Å². The van der Waals surface area contributed by atoms with Gasteiger partial charge >= 0.3 is 6.18 Å². The molecule has 2 heterocycles. The summed E-state index contributed by atoms with van der Waals surface area (Å²) in [6.07, 6.45) is 0.464. The van der Waals surface area contributed by atoms with Gasteiger partial charge in [0, 0.05) is 25.4 Å². The lowest BCUT2D eigenvalue weighted by atomic mass is 9.77. The van der Waals surface area contributed by atoms with Crippen molar-refractivity contribution in [2.75, 3.05) is 26.2 Å². The van der Waals surface area contributed by atoms with Crippen LogP contribution < -0.4 is 5.73 Å². The molecule has 0 aliphatic carbocycles. The van der Waals surface area contributed by atoms with Crippen LogP contribution >= 0.6 is 0 Å². The maximum Gasteiger partial charge on any atom is 0.416 e. The lowest BCUT2D eigenvalue weighted by Gasteiger charge is -2.38. The number of primary amides is 1. The highest BCUT2D eigenvalue weighted by Crippen LogP contribution is 2.41. The minimum atomic E-state index is -4.33. The highest BCUT2D eigenvalue weighted by atomic mass is 19.4. The van der Waals surface area contributed by atoms with E-state index in [1.54, 1.807) is 13.8 Å². The van der Waals surface area contributed by atoms with Crippen LogP contribution in [-0.2, 0) is 28.7 Å². The SMILES string of the molecule is CC(C)C(N)=O.O=C1CC2(CCN(CCCc3ccccc3)CC2)CN1Cc1ccc(C(F)(F)F)cc1. The van der Waals surface area contributed by atoms with Gasteiger partial charge in [-0.1, -0.05) is 56.3 Å². The Hall–Kier alpha value is -2.87. The third-order valence-corrected chi connectivity index (χ3v) is 7.33. The van der Waals surface area contributed by atoms with Crippen molar-refractivity contribution in [3.63, 3.8) is 0 Å². The number of likely N-dealkylation sites (tertiary alicyclic amines) is 2. The number of aryl methyl sites for hydroxylation is 1. The molecule has 2 fully saturated rings. The topological polar surface area (TPSA) is 66.6 Å². The highest BCUT2D eigenvalue weighted by Gasteiger charge is 2.44. The first kappa shape index (κ1) is 28.7. The average molecular weight is 518 g/mol. The van der Waals surface area contributed by atoms with Gasteiger partial charge in [0.2, 0.25) is 11.8 Å². The number of piperidine rings is 1. The lowest BCUT2D eigenvalue weighted by molar-refractivity contribution is -0.137. The zero-order valence-electron chi connectivity index (χ0n) is 21.8. The number of rotatable bonds is 7. The first-order valence-corrected chi connectivity index (χ1v) is 13.0. The summed E-state index contributed by atoms with van der Waals surface area (Å²) in [7, 11) is 0. The molecule has 1 spiro atoms. The second-order valence-corrected chi connectivity index (χ2v) is 10.6. The second kappa shape index (κ2) is 12.6. The molecular formula is C29H38F3N3O2. The molecule has 2 amide bonds. The van der Waals surface area contributed by atoms with Gasteiger partial charge in [0.1, 0.15) is 0 Å².